The van der Waals surface area contributed by atoms with Gasteiger partial charge in [0.1, 0.15) is 0 Å². The van der Waals surface area contributed by atoms with Crippen molar-refractivity contribution in [3.05, 3.63) is 0 Å². The predicted molar refractivity (Wildman–Crippen MR) is 62.8 cm³/mol. The number of hydrogen-bond acceptors (Lipinski definition) is 2. The maximum atomic E-state index is 12.3. The first-order chi connectivity index (χ1) is 7.69. The molecule has 3 rings (SSSR count). The van der Waals surface area contributed by atoms with Gasteiger partial charge in [0.25, 0.3) is 0 Å². The van der Waals surface area contributed by atoms with Crippen LogP contribution in [0.25, 0.3) is 0 Å². The van der Waals surface area contributed by atoms with Crippen LogP contribution in [0.3, 0.4) is 0 Å². The van der Waals surface area contributed by atoms with Crippen LogP contribution < -0.4 is 5.73 Å². The van der Waals surface area contributed by atoms with Gasteiger partial charge in [0, 0.05) is 13.1 Å². The highest BCUT2D eigenvalue weighted by Gasteiger charge is 2.46. The summed E-state index contributed by atoms with van der Waals surface area (Å²) in [4.78, 5) is 14.4. The molecule has 2 N–H and O–H groups in total. The van der Waals surface area contributed by atoms with Crippen molar-refractivity contribution in [3.63, 3.8) is 0 Å². The number of amides is 1. The van der Waals surface area contributed by atoms with E-state index in [1.807, 2.05) is 0 Å². The fourth-order valence-electron chi connectivity index (χ4n) is 3.66. The third-order valence-electron chi connectivity index (χ3n) is 4.94. The van der Waals surface area contributed by atoms with E-state index < -0.39 is 5.54 Å². The Labute approximate surface area is 97.4 Å². The normalized spacial score (nSPS) is 36.7. The van der Waals surface area contributed by atoms with Gasteiger partial charge in [-0.05, 0) is 43.9 Å². The Morgan fingerprint density at radius 3 is 2.06 bits per heavy atom. The van der Waals surface area contributed by atoms with Gasteiger partial charge in [-0.1, -0.05) is 12.8 Å². The summed E-state index contributed by atoms with van der Waals surface area (Å²) in [5.41, 5.74) is 5.65. The average Bonchev–Trinajstić information content (AvgIpc) is 2.68. The fourth-order valence-corrected chi connectivity index (χ4v) is 3.66. The molecule has 0 radical (unpaired) electrons. The highest BCUT2D eigenvalue weighted by atomic mass is 16.2. The van der Waals surface area contributed by atoms with Crippen molar-refractivity contribution in [2.45, 2.75) is 50.5 Å². The van der Waals surface area contributed by atoms with Crippen LogP contribution in [-0.4, -0.2) is 29.4 Å². The molecule has 2 saturated carbocycles. The molecular formula is C13H22N2O. The molecule has 2 aliphatic carbocycles. The Hall–Kier alpha value is -0.570. The Morgan fingerprint density at radius 1 is 1.06 bits per heavy atom. The number of carbonyl (C=O) groups is 1. The lowest BCUT2D eigenvalue weighted by Gasteiger charge is -2.39. The van der Waals surface area contributed by atoms with Crippen molar-refractivity contribution < 1.29 is 4.79 Å². The minimum absolute atomic E-state index is 0.244. The van der Waals surface area contributed by atoms with Crippen LogP contribution in [0, 0.1) is 11.8 Å². The molecule has 3 fully saturated rings. The fraction of sp³-hybridized carbons (Fsp3) is 0.923. The molecule has 0 spiro atoms. The van der Waals surface area contributed by atoms with Crippen molar-refractivity contribution in [1.29, 1.82) is 0 Å². The Kier molecular flexibility index (Phi) is 2.46. The first-order valence-electron chi connectivity index (χ1n) is 6.77. The average molecular weight is 222 g/mol. The predicted octanol–water partition coefficient (Wildman–Crippen LogP) is 1.52. The molecular weight excluding hydrogens is 200 g/mol. The molecule has 1 heterocycles. The van der Waals surface area contributed by atoms with Crippen molar-refractivity contribution in [2.24, 2.45) is 17.6 Å². The summed E-state index contributed by atoms with van der Waals surface area (Å²) in [6.07, 6.45) is 8.30. The van der Waals surface area contributed by atoms with Crippen LogP contribution in [-0.2, 0) is 4.79 Å². The van der Waals surface area contributed by atoms with Crippen LogP contribution in [0.15, 0.2) is 0 Å². The van der Waals surface area contributed by atoms with Gasteiger partial charge in [-0.2, -0.15) is 0 Å². The second-order valence-electron chi connectivity index (χ2n) is 6.02. The van der Waals surface area contributed by atoms with Gasteiger partial charge in [0.15, 0.2) is 0 Å². The first-order valence-corrected chi connectivity index (χ1v) is 6.77. The molecule has 0 aromatic rings. The van der Waals surface area contributed by atoms with E-state index in [2.05, 4.69) is 4.90 Å². The number of carbonyl (C=O) groups excluding carboxylic acids is 1. The van der Waals surface area contributed by atoms with Crippen molar-refractivity contribution >= 4 is 5.91 Å². The maximum Gasteiger partial charge on any atom is 0.242 e. The van der Waals surface area contributed by atoms with Crippen LogP contribution in [0.4, 0.5) is 0 Å². The van der Waals surface area contributed by atoms with Gasteiger partial charge in [0.2, 0.25) is 5.91 Å². The van der Waals surface area contributed by atoms with Crippen molar-refractivity contribution in [3.8, 4) is 0 Å². The molecule has 3 nitrogen and oxygen atoms in total. The summed E-state index contributed by atoms with van der Waals surface area (Å²) in [6.45, 7) is 1.98. The minimum atomic E-state index is -0.479. The molecule has 3 heteroatoms. The molecule has 0 aromatic carbocycles. The van der Waals surface area contributed by atoms with Crippen molar-refractivity contribution in [2.75, 3.05) is 13.1 Å². The summed E-state index contributed by atoms with van der Waals surface area (Å²) >= 11 is 0. The van der Waals surface area contributed by atoms with Gasteiger partial charge in [0.05, 0.1) is 5.54 Å². The van der Waals surface area contributed by atoms with Crippen LogP contribution >= 0.6 is 0 Å². The van der Waals surface area contributed by atoms with Crippen LogP contribution in [0.5, 0.6) is 0 Å². The Bertz CT molecular complexity index is 284. The number of rotatable bonds is 1. The molecule has 90 valence electrons. The van der Waals surface area contributed by atoms with E-state index in [0.717, 1.165) is 44.2 Å². The number of likely N-dealkylation sites (tertiary alicyclic amines) is 1. The van der Waals surface area contributed by atoms with Gasteiger partial charge in [-0.15, -0.1) is 0 Å². The van der Waals surface area contributed by atoms with E-state index in [1.54, 1.807) is 0 Å². The highest BCUT2D eigenvalue weighted by Crippen LogP contribution is 2.39. The molecule has 1 aliphatic heterocycles. The zero-order valence-electron chi connectivity index (χ0n) is 9.95. The Balaban J connectivity index is 1.66. The summed E-state index contributed by atoms with van der Waals surface area (Å²) in [5, 5.41) is 0. The maximum absolute atomic E-state index is 12.3. The lowest BCUT2D eigenvalue weighted by Crippen LogP contribution is -2.59. The molecule has 0 bridgehead atoms. The second kappa shape index (κ2) is 3.73. The van der Waals surface area contributed by atoms with E-state index in [-0.39, 0.29) is 5.91 Å². The molecule has 3 aliphatic rings. The minimum Gasteiger partial charge on any atom is -0.341 e. The number of fused-ring (bicyclic) bond motifs is 1. The molecule has 0 aromatic heterocycles. The third kappa shape index (κ3) is 1.56. The standard InChI is InChI=1S/C13H22N2O/c14-13(6-3-7-13)12(16)15-8-10-4-1-2-5-11(10)9-15/h10-11H,1-9,14H2. The van der Waals surface area contributed by atoms with Gasteiger partial charge < -0.3 is 10.6 Å². The quantitative estimate of drug-likeness (QED) is 0.731. The first kappa shape index (κ1) is 10.6. The summed E-state index contributed by atoms with van der Waals surface area (Å²) in [6, 6.07) is 0. The van der Waals surface area contributed by atoms with E-state index in [4.69, 9.17) is 5.73 Å². The Morgan fingerprint density at radius 2 is 1.62 bits per heavy atom. The topological polar surface area (TPSA) is 46.3 Å². The SMILES string of the molecule is NC1(C(=O)N2CC3CCCCC3C2)CCC1. The second-order valence-corrected chi connectivity index (χ2v) is 6.02. The molecule has 16 heavy (non-hydrogen) atoms. The summed E-state index contributed by atoms with van der Waals surface area (Å²) in [5.74, 6) is 1.80. The number of nitrogens with two attached hydrogens (primary N) is 1. The van der Waals surface area contributed by atoms with Crippen LogP contribution in [0.2, 0.25) is 0 Å². The monoisotopic (exact) mass is 222 g/mol. The number of nitrogens with zero attached hydrogens (tertiary/aromatic N) is 1. The smallest absolute Gasteiger partial charge is 0.242 e. The largest absolute Gasteiger partial charge is 0.341 e. The van der Waals surface area contributed by atoms with E-state index in [1.165, 1.54) is 25.7 Å². The summed E-state index contributed by atoms with van der Waals surface area (Å²) in [7, 11) is 0. The summed E-state index contributed by atoms with van der Waals surface area (Å²) < 4.78 is 0. The highest BCUT2D eigenvalue weighted by molar-refractivity contribution is 5.87. The van der Waals surface area contributed by atoms with Gasteiger partial charge in [-0.25, -0.2) is 0 Å². The lowest BCUT2D eigenvalue weighted by molar-refractivity contribution is -0.139. The molecule has 1 saturated heterocycles. The lowest BCUT2D eigenvalue weighted by atomic mass is 9.76. The van der Waals surface area contributed by atoms with E-state index in [9.17, 15) is 4.79 Å². The molecule has 2 atom stereocenters. The molecule has 2 unspecified atom stereocenters. The van der Waals surface area contributed by atoms with Gasteiger partial charge in [-0.3, -0.25) is 4.79 Å². The molecule has 1 amide bonds. The van der Waals surface area contributed by atoms with Crippen LogP contribution in [0.1, 0.15) is 44.9 Å². The van der Waals surface area contributed by atoms with Gasteiger partial charge >= 0.3 is 0 Å². The number of hydrogen-bond donors (Lipinski definition) is 1. The van der Waals surface area contributed by atoms with E-state index >= 15 is 0 Å². The zero-order chi connectivity index (χ0) is 11.2. The zero-order valence-corrected chi connectivity index (χ0v) is 9.95. The van der Waals surface area contributed by atoms with E-state index in [0.29, 0.717) is 0 Å². The van der Waals surface area contributed by atoms with Crippen molar-refractivity contribution in [1.82, 2.24) is 4.90 Å². The third-order valence-corrected chi connectivity index (χ3v) is 4.94.